The molecule has 2 atom stereocenters. The first-order valence-corrected chi connectivity index (χ1v) is 7.50. The van der Waals surface area contributed by atoms with Crippen LogP contribution in [0.25, 0.3) is 0 Å². The third kappa shape index (κ3) is 6.10. The van der Waals surface area contributed by atoms with E-state index in [1.54, 1.807) is 0 Å². The highest BCUT2D eigenvalue weighted by Gasteiger charge is 2.22. The molecule has 1 heterocycles. The quantitative estimate of drug-likeness (QED) is 0.443. The normalized spacial score (nSPS) is 25.9. The molecule has 0 aromatic carbocycles. The van der Waals surface area contributed by atoms with Gasteiger partial charge in [-0.05, 0) is 18.8 Å². The third-order valence-electron chi connectivity index (χ3n) is 3.56. The van der Waals surface area contributed by atoms with Gasteiger partial charge in [0.2, 0.25) is 0 Å². The van der Waals surface area contributed by atoms with Crippen LogP contribution < -0.4 is 0 Å². The van der Waals surface area contributed by atoms with E-state index in [-0.39, 0.29) is 0 Å². The topological polar surface area (TPSA) is 9.23 Å². The molecular formula is C14H27ClO. The average molecular weight is 247 g/mol. The Morgan fingerprint density at radius 2 is 1.75 bits per heavy atom. The second kappa shape index (κ2) is 9.30. The Balaban J connectivity index is 1.90. The molecule has 1 aliphatic rings. The average Bonchev–Trinajstić information content (AvgIpc) is 2.30. The molecule has 0 amide bonds. The fraction of sp³-hybridized carbons (Fsp3) is 1.00. The van der Waals surface area contributed by atoms with Crippen molar-refractivity contribution in [3.63, 3.8) is 0 Å². The summed E-state index contributed by atoms with van der Waals surface area (Å²) in [7, 11) is 0. The lowest BCUT2D eigenvalue weighted by molar-refractivity contribution is 0.0535. The molecule has 0 radical (unpaired) electrons. The van der Waals surface area contributed by atoms with Crippen LogP contribution in [0.3, 0.4) is 0 Å². The Morgan fingerprint density at radius 3 is 2.44 bits per heavy atom. The van der Waals surface area contributed by atoms with Crippen molar-refractivity contribution < 1.29 is 4.74 Å². The zero-order valence-electron chi connectivity index (χ0n) is 10.7. The molecule has 1 rings (SSSR count). The molecule has 1 saturated heterocycles. The van der Waals surface area contributed by atoms with Gasteiger partial charge in [-0.25, -0.2) is 0 Å². The molecule has 1 nitrogen and oxygen atoms in total. The van der Waals surface area contributed by atoms with E-state index in [1.807, 2.05) is 0 Å². The maximum absolute atomic E-state index is 6.28. The Kier molecular flexibility index (Phi) is 8.32. The van der Waals surface area contributed by atoms with Gasteiger partial charge < -0.3 is 4.74 Å². The largest absolute Gasteiger partial charge is 0.381 e. The van der Waals surface area contributed by atoms with Gasteiger partial charge in [-0.2, -0.15) is 0 Å². The minimum absolute atomic E-state index is 0.369. The lowest BCUT2D eigenvalue weighted by atomic mass is 9.94. The number of hydrogen-bond acceptors (Lipinski definition) is 1. The van der Waals surface area contributed by atoms with Crippen molar-refractivity contribution in [1.29, 1.82) is 0 Å². The minimum Gasteiger partial charge on any atom is -0.381 e. The monoisotopic (exact) mass is 246 g/mol. The van der Waals surface area contributed by atoms with E-state index in [2.05, 4.69) is 6.92 Å². The highest BCUT2D eigenvalue weighted by Crippen LogP contribution is 2.25. The van der Waals surface area contributed by atoms with Crippen molar-refractivity contribution in [2.75, 3.05) is 13.2 Å². The molecule has 1 aliphatic heterocycles. The first kappa shape index (κ1) is 14.3. The smallest absolute Gasteiger partial charge is 0.0508 e. The van der Waals surface area contributed by atoms with Crippen molar-refractivity contribution in [1.82, 2.24) is 0 Å². The van der Waals surface area contributed by atoms with Crippen LogP contribution in [0.5, 0.6) is 0 Å². The van der Waals surface area contributed by atoms with E-state index < -0.39 is 0 Å². The van der Waals surface area contributed by atoms with Crippen LogP contribution in [0.4, 0.5) is 0 Å². The molecule has 0 spiro atoms. The Bertz CT molecular complexity index is 161. The van der Waals surface area contributed by atoms with Gasteiger partial charge in [0.25, 0.3) is 0 Å². The van der Waals surface area contributed by atoms with Crippen LogP contribution >= 0.6 is 11.6 Å². The van der Waals surface area contributed by atoms with Crippen molar-refractivity contribution in [2.24, 2.45) is 5.92 Å². The molecule has 0 bridgehead atoms. The first-order chi connectivity index (χ1) is 7.84. The van der Waals surface area contributed by atoms with Gasteiger partial charge in [0.1, 0.15) is 0 Å². The predicted octanol–water partition coefficient (Wildman–Crippen LogP) is 4.77. The Morgan fingerprint density at radius 1 is 1.06 bits per heavy atom. The van der Waals surface area contributed by atoms with Crippen LogP contribution in [0.1, 0.15) is 64.7 Å². The van der Waals surface area contributed by atoms with Gasteiger partial charge in [-0.15, -0.1) is 11.6 Å². The third-order valence-corrected chi connectivity index (χ3v) is 4.13. The van der Waals surface area contributed by atoms with Crippen LogP contribution in [-0.4, -0.2) is 18.6 Å². The summed E-state index contributed by atoms with van der Waals surface area (Å²) in [6.07, 6.45) is 12.0. The van der Waals surface area contributed by atoms with Crippen molar-refractivity contribution in [2.45, 2.75) is 70.1 Å². The second-order valence-corrected chi connectivity index (χ2v) is 5.61. The molecule has 2 unspecified atom stereocenters. The maximum atomic E-state index is 6.28. The van der Waals surface area contributed by atoms with Crippen molar-refractivity contribution in [3.8, 4) is 0 Å². The highest BCUT2D eigenvalue weighted by molar-refractivity contribution is 6.20. The van der Waals surface area contributed by atoms with Crippen LogP contribution in [-0.2, 0) is 4.74 Å². The fourth-order valence-corrected chi connectivity index (χ4v) is 2.69. The molecule has 2 heteroatoms. The molecule has 1 fully saturated rings. The second-order valence-electron chi connectivity index (χ2n) is 5.05. The van der Waals surface area contributed by atoms with Gasteiger partial charge in [0.15, 0.2) is 0 Å². The number of alkyl halides is 1. The van der Waals surface area contributed by atoms with Gasteiger partial charge in [0.05, 0.1) is 6.61 Å². The summed E-state index contributed by atoms with van der Waals surface area (Å²) in [4.78, 5) is 0. The summed E-state index contributed by atoms with van der Waals surface area (Å²) in [5, 5.41) is 0.369. The van der Waals surface area contributed by atoms with E-state index in [1.165, 1.54) is 51.4 Å². The van der Waals surface area contributed by atoms with Crippen LogP contribution in [0, 0.1) is 5.92 Å². The standard InChI is InChI=1S/C14H27ClO/c1-2-3-4-5-6-7-8-9-13-12-16-11-10-14(13)15/h13-14H,2-12H2,1H3. The number of unbranched alkanes of at least 4 members (excludes halogenated alkanes) is 6. The highest BCUT2D eigenvalue weighted by atomic mass is 35.5. The van der Waals surface area contributed by atoms with Crippen LogP contribution in [0.15, 0.2) is 0 Å². The van der Waals surface area contributed by atoms with E-state index >= 15 is 0 Å². The van der Waals surface area contributed by atoms with Gasteiger partial charge in [-0.3, -0.25) is 0 Å². The van der Waals surface area contributed by atoms with E-state index in [0.29, 0.717) is 11.3 Å². The summed E-state index contributed by atoms with van der Waals surface area (Å²) in [5.74, 6) is 0.617. The molecule has 0 saturated carbocycles. The molecular weight excluding hydrogens is 220 g/mol. The van der Waals surface area contributed by atoms with Crippen molar-refractivity contribution >= 4 is 11.6 Å². The number of halogens is 1. The molecule has 0 aliphatic carbocycles. The van der Waals surface area contributed by atoms with Gasteiger partial charge in [-0.1, -0.05) is 51.9 Å². The zero-order valence-corrected chi connectivity index (χ0v) is 11.5. The van der Waals surface area contributed by atoms with Crippen molar-refractivity contribution in [3.05, 3.63) is 0 Å². The van der Waals surface area contributed by atoms with E-state index in [0.717, 1.165) is 19.6 Å². The maximum Gasteiger partial charge on any atom is 0.0508 e. The molecule has 96 valence electrons. The molecule has 0 aromatic heterocycles. The molecule has 0 N–H and O–H groups in total. The van der Waals surface area contributed by atoms with Crippen LogP contribution in [0.2, 0.25) is 0 Å². The summed E-state index contributed by atoms with van der Waals surface area (Å²) in [5.41, 5.74) is 0. The van der Waals surface area contributed by atoms with Gasteiger partial charge >= 0.3 is 0 Å². The van der Waals surface area contributed by atoms with E-state index in [4.69, 9.17) is 16.3 Å². The minimum atomic E-state index is 0.369. The predicted molar refractivity (Wildman–Crippen MR) is 71.2 cm³/mol. The fourth-order valence-electron chi connectivity index (χ4n) is 2.40. The lowest BCUT2D eigenvalue weighted by Crippen LogP contribution is -2.27. The lowest BCUT2D eigenvalue weighted by Gasteiger charge is -2.27. The molecule has 0 aromatic rings. The number of rotatable bonds is 8. The number of ether oxygens (including phenoxy) is 1. The molecule has 16 heavy (non-hydrogen) atoms. The zero-order chi connectivity index (χ0) is 11.6. The summed E-state index contributed by atoms with van der Waals surface area (Å²) < 4.78 is 5.48. The van der Waals surface area contributed by atoms with Gasteiger partial charge in [0, 0.05) is 12.0 Å². The Hall–Kier alpha value is 0.250. The summed E-state index contributed by atoms with van der Waals surface area (Å²) >= 11 is 6.28. The number of hydrogen-bond donors (Lipinski definition) is 0. The Labute approximate surface area is 106 Å². The van der Waals surface area contributed by atoms with E-state index in [9.17, 15) is 0 Å². The first-order valence-electron chi connectivity index (χ1n) is 7.06. The SMILES string of the molecule is CCCCCCCCCC1COCCC1Cl. The summed E-state index contributed by atoms with van der Waals surface area (Å²) in [6.45, 7) is 4.02. The summed E-state index contributed by atoms with van der Waals surface area (Å²) in [6, 6.07) is 0.